The highest BCUT2D eigenvalue weighted by Gasteiger charge is 2.00. The van der Waals surface area contributed by atoms with E-state index < -0.39 is 0 Å². The normalized spacial score (nSPS) is 12.5. The molecular formula is C11H17ClN2. The molecule has 0 saturated carbocycles. The number of alkyl halides is 1. The molecule has 1 rings (SSSR count). The summed E-state index contributed by atoms with van der Waals surface area (Å²) in [6.45, 7) is 4.97. The van der Waals surface area contributed by atoms with E-state index in [4.69, 9.17) is 11.6 Å². The van der Waals surface area contributed by atoms with Crippen LogP contribution in [0.1, 0.15) is 25.5 Å². The van der Waals surface area contributed by atoms with E-state index in [1.807, 2.05) is 25.1 Å². The maximum absolute atomic E-state index is 6.00. The van der Waals surface area contributed by atoms with Gasteiger partial charge in [-0.1, -0.05) is 13.0 Å². The first-order valence-corrected chi connectivity index (χ1v) is 5.47. The van der Waals surface area contributed by atoms with Crippen molar-refractivity contribution in [1.29, 1.82) is 0 Å². The molecule has 1 N–H and O–H groups in total. The predicted molar refractivity (Wildman–Crippen MR) is 62.0 cm³/mol. The molecule has 0 fully saturated rings. The molecule has 0 aliphatic rings. The molecule has 1 unspecified atom stereocenters. The maximum atomic E-state index is 6.00. The Hall–Kier alpha value is -0.760. The minimum absolute atomic E-state index is 0.271. The topological polar surface area (TPSA) is 24.9 Å². The summed E-state index contributed by atoms with van der Waals surface area (Å²) in [6, 6.07) is 5.96. The average Bonchev–Trinajstić information content (AvgIpc) is 2.17. The number of pyridine rings is 1. The minimum atomic E-state index is 0.271. The highest BCUT2D eigenvalue weighted by Crippen LogP contribution is 2.08. The molecule has 1 aromatic rings. The second kappa shape index (κ2) is 5.86. The Morgan fingerprint density at radius 2 is 2.29 bits per heavy atom. The van der Waals surface area contributed by atoms with Crippen LogP contribution in [0.2, 0.25) is 0 Å². The van der Waals surface area contributed by atoms with Crippen molar-refractivity contribution in [3.8, 4) is 0 Å². The molecule has 0 aliphatic heterocycles. The van der Waals surface area contributed by atoms with Gasteiger partial charge in [-0.15, -0.1) is 11.6 Å². The molecule has 0 saturated heterocycles. The average molecular weight is 213 g/mol. The molecular weight excluding hydrogens is 196 g/mol. The van der Waals surface area contributed by atoms with E-state index in [1.54, 1.807) is 0 Å². The molecule has 1 heterocycles. The number of aryl methyl sites for hydroxylation is 1. The van der Waals surface area contributed by atoms with Gasteiger partial charge in [-0.25, -0.2) is 4.98 Å². The molecule has 14 heavy (non-hydrogen) atoms. The monoisotopic (exact) mass is 212 g/mol. The van der Waals surface area contributed by atoms with Gasteiger partial charge in [0.15, 0.2) is 0 Å². The summed E-state index contributed by atoms with van der Waals surface area (Å²) < 4.78 is 0. The van der Waals surface area contributed by atoms with E-state index in [0.29, 0.717) is 0 Å². The van der Waals surface area contributed by atoms with E-state index in [-0.39, 0.29) is 5.38 Å². The van der Waals surface area contributed by atoms with E-state index in [1.165, 1.54) is 0 Å². The summed E-state index contributed by atoms with van der Waals surface area (Å²) >= 11 is 6.00. The van der Waals surface area contributed by atoms with Gasteiger partial charge in [0.05, 0.1) is 0 Å². The largest absolute Gasteiger partial charge is 0.370 e. The van der Waals surface area contributed by atoms with Crippen LogP contribution in [0.5, 0.6) is 0 Å². The summed E-state index contributed by atoms with van der Waals surface area (Å²) in [6.07, 6.45) is 2.00. The van der Waals surface area contributed by atoms with Crippen LogP contribution in [0.3, 0.4) is 0 Å². The third-order valence-electron chi connectivity index (χ3n) is 2.09. The highest BCUT2D eigenvalue weighted by molar-refractivity contribution is 6.20. The van der Waals surface area contributed by atoms with Gasteiger partial charge in [-0.2, -0.15) is 0 Å². The van der Waals surface area contributed by atoms with Crippen LogP contribution < -0.4 is 5.32 Å². The molecule has 0 spiro atoms. The Labute approximate surface area is 90.7 Å². The van der Waals surface area contributed by atoms with E-state index in [2.05, 4.69) is 17.2 Å². The van der Waals surface area contributed by atoms with Gasteiger partial charge in [-0.3, -0.25) is 0 Å². The Kier molecular flexibility index (Phi) is 4.74. The lowest BCUT2D eigenvalue weighted by atomic mass is 10.2. The summed E-state index contributed by atoms with van der Waals surface area (Å²) in [4.78, 5) is 4.34. The van der Waals surface area contributed by atoms with Crippen LogP contribution in [-0.2, 0) is 0 Å². The molecule has 1 aromatic heterocycles. The fourth-order valence-corrected chi connectivity index (χ4v) is 1.31. The van der Waals surface area contributed by atoms with Crippen molar-refractivity contribution in [1.82, 2.24) is 4.98 Å². The first kappa shape index (κ1) is 11.3. The van der Waals surface area contributed by atoms with Crippen LogP contribution in [0.4, 0.5) is 5.82 Å². The fraction of sp³-hybridized carbons (Fsp3) is 0.545. The Balaban J connectivity index is 2.31. The fourth-order valence-electron chi connectivity index (χ4n) is 1.20. The first-order chi connectivity index (χ1) is 6.72. The quantitative estimate of drug-likeness (QED) is 0.759. The van der Waals surface area contributed by atoms with E-state index in [0.717, 1.165) is 30.9 Å². The third-order valence-corrected chi connectivity index (χ3v) is 2.62. The zero-order valence-electron chi connectivity index (χ0n) is 8.76. The van der Waals surface area contributed by atoms with Crippen LogP contribution in [0, 0.1) is 6.92 Å². The molecule has 0 bridgehead atoms. The second-order valence-corrected chi connectivity index (χ2v) is 4.00. The van der Waals surface area contributed by atoms with Crippen molar-refractivity contribution in [2.45, 2.75) is 32.1 Å². The van der Waals surface area contributed by atoms with Gasteiger partial charge >= 0.3 is 0 Å². The number of nitrogens with one attached hydrogen (secondary N) is 1. The lowest BCUT2D eigenvalue weighted by molar-refractivity contribution is 0.752. The van der Waals surface area contributed by atoms with Crippen molar-refractivity contribution in [3.05, 3.63) is 23.9 Å². The Morgan fingerprint density at radius 3 is 2.93 bits per heavy atom. The van der Waals surface area contributed by atoms with Gasteiger partial charge in [-0.05, 0) is 31.9 Å². The molecule has 0 amide bonds. The van der Waals surface area contributed by atoms with E-state index >= 15 is 0 Å². The number of rotatable bonds is 5. The van der Waals surface area contributed by atoms with Crippen LogP contribution in [-0.4, -0.2) is 16.9 Å². The summed E-state index contributed by atoms with van der Waals surface area (Å²) in [5, 5.41) is 3.53. The molecule has 0 radical (unpaired) electrons. The molecule has 0 aromatic carbocycles. The second-order valence-electron chi connectivity index (χ2n) is 3.39. The van der Waals surface area contributed by atoms with Gasteiger partial charge in [0.2, 0.25) is 0 Å². The van der Waals surface area contributed by atoms with Crippen molar-refractivity contribution in [2.75, 3.05) is 11.9 Å². The van der Waals surface area contributed by atoms with Gasteiger partial charge < -0.3 is 5.32 Å². The highest BCUT2D eigenvalue weighted by atomic mass is 35.5. The molecule has 0 aliphatic carbocycles. The van der Waals surface area contributed by atoms with Crippen LogP contribution in [0.25, 0.3) is 0 Å². The molecule has 3 heteroatoms. The maximum Gasteiger partial charge on any atom is 0.126 e. The summed E-state index contributed by atoms with van der Waals surface area (Å²) in [7, 11) is 0. The summed E-state index contributed by atoms with van der Waals surface area (Å²) in [5.74, 6) is 0.935. The zero-order chi connectivity index (χ0) is 10.4. The lowest BCUT2D eigenvalue weighted by Gasteiger charge is -2.08. The first-order valence-electron chi connectivity index (χ1n) is 5.04. The standard InChI is InChI=1S/C11H17ClN2/c1-3-10(12)7-8-13-11-6-4-5-9(2)14-11/h4-6,10H,3,7-8H2,1-2H3,(H,13,14). The molecule has 1 atom stereocenters. The van der Waals surface area contributed by atoms with Crippen molar-refractivity contribution < 1.29 is 0 Å². The zero-order valence-corrected chi connectivity index (χ0v) is 9.51. The molecule has 78 valence electrons. The number of halogens is 1. The van der Waals surface area contributed by atoms with E-state index in [9.17, 15) is 0 Å². The van der Waals surface area contributed by atoms with Gasteiger partial charge in [0.25, 0.3) is 0 Å². The Morgan fingerprint density at radius 1 is 1.50 bits per heavy atom. The SMILES string of the molecule is CCC(Cl)CCNc1cccc(C)n1. The smallest absolute Gasteiger partial charge is 0.126 e. The van der Waals surface area contributed by atoms with Crippen molar-refractivity contribution in [3.63, 3.8) is 0 Å². The number of hydrogen-bond acceptors (Lipinski definition) is 2. The lowest BCUT2D eigenvalue weighted by Crippen LogP contribution is -2.09. The predicted octanol–water partition coefficient (Wildman–Crippen LogP) is 3.21. The number of anilines is 1. The number of nitrogens with zero attached hydrogens (tertiary/aromatic N) is 1. The third kappa shape index (κ3) is 3.97. The number of aromatic nitrogens is 1. The summed E-state index contributed by atoms with van der Waals surface area (Å²) in [5.41, 5.74) is 1.04. The molecule has 2 nitrogen and oxygen atoms in total. The van der Waals surface area contributed by atoms with Crippen molar-refractivity contribution in [2.24, 2.45) is 0 Å². The van der Waals surface area contributed by atoms with Gasteiger partial charge in [0, 0.05) is 17.6 Å². The number of hydrogen-bond donors (Lipinski definition) is 1. The van der Waals surface area contributed by atoms with Gasteiger partial charge in [0.1, 0.15) is 5.82 Å². The van der Waals surface area contributed by atoms with Crippen LogP contribution >= 0.6 is 11.6 Å². The van der Waals surface area contributed by atoms with Crippen LogP contribution in [0.15, 0.2) is 18.2 Å². The Bertz CT molecular complexity index is 276. The minimum Gasteiger partial charge on any atom is -0.370 e. The van der Waals surface area contributed by atoms with Crippen molar-refractivity contribution >= 4 is 17.4 Å².